The minimum Gasteiger partial charge on any atom is -0.492 e. The van der Waals surface area contributed by atoms with E-state index in [0.717, 1.165) is 18.8 Å². The molecule has 1 N–H and O–H groups in total. The predicted octanol–water partition coefficient (Wildman–Crippen LogP) is 2.92. The fourth-order valence-corrected chi connectivity index (χ4v) is 2.02. The van der Waals surface area contributed by atoms with Gasteiger partial charge in [0.05, 0.1) is 6.54 Å². The van der Waals surface area contributed by atoms with Crippen LogP contribution in [0.15, 0.2) is 54.6 Å². The third kappa shape index (κ3) is 4.28. The molecule has 0 aliphatic heterocycles. The maximum atomic E-state index is 5.77. The van der Waals surface area contributed by atoms with E-state index in [1.165, 1.54) is 11.3 Å². The van der Waals surface area contributed by atoms with E-state index in [1.54, 1.807) is 0 Å². The summed E-state index contributed by atoms with van der Waals surface area (Å²) in [5.41, 5.74) is 2.47. The molecule has 3 heteroatoms. The van der Waals surface area contributed by atoms with Crippen molar-refractivity contribution in [2.45, 2.75) is 6.54 Å². The van der Waals surface area contributed by atoms with Crippen molar-refractivity contribution in [1.82, 2.24) is 5.32 Å². The number of likely N-dealkylation sites (N-methyl/N-ethyl adjacent to an activating group) is 1. The van der Waals surface area contributed by atoms with Gasteiger partial charge in [-0.25, -0.2) is 0 Å². The molecule has 0 bridgehead atoms. The molecule has 2 rings (SSSR count). The number of ether oxygens (including phenoxy) is 1. The summed E-state index contributed by atoms with van der Waals surface area (Å²) in [6, 6.07) is 18.6. The quantitative estimate of drug-likeness (QED) is 0.837. The van der Waals surface area contributed by atoms with Crippen LogP contribution in [-0.2, 0) is 6.54 Å². The Kier molecular flexibility index (Phi) is 5.44. The normalized spacial score (nSPS) is 10.3. The molecule has 0 aliphatic rings. The maximum absolute atomic E-state index is 5.77. The molecule has 2 aromatic rings. The van der Waals surface area contributed by atoms with E-state index in [4.69, 9.17) is 4.74 Å². The Labute approximate surface area is 121 Å². The van der Waals surface area contributed by atoms with Gasteiger partial charge < -0.3 is 15.0 Å². The number of benzene rings is 2. The highest BCUT2D eigenvalue weighted by Crippen LogP contribution is 2.13. The first-order valence-corrected chi connectivity index (χ1v) is 6.92. The smallest absolute Gasteiger partial charge is 0.119 e. The first-order valence-electron chi connectivity index (χ1n) is 6.92. The first-order chi connectivity index (χ1) is 9.79. The van der Waals surface area contributed by atoms with Gasteiger partial charge in [0, 0.05) is 19.3 Å². The molecule has 0 heterocycles. The largest absolute Gasteiger partial charge is 0.492 e. The van der Waals surface area contributed by atoms with Crippen LogP contribution in [0.5, 0.6) is 5.75 Å². The van der Waals surface area contributed by atoms with Gasteiger partial charge in [-0.15, -0.1) is 0 Å². The summed E-state index contributed by atoms with van der Waals surface area (Å²) in [5.74, 6) is 0.923. The zero-order valence-corrected chi connectivity index (χ0v) is 12.2. The molecule has 0 aliphatic carbocycles. The number of anilines is 1. The number of para-hydroxylation sites is 1. The van der Waals surface area contributed by atoms with Crippen molar-refractivity contribution >= 4 is 5.69 Å². The van der Waals surface area contributed by atoms with Gasteiger partial charge in [-0.2, -0.15) is 0 Å². The van der Waals surface area contributed by atoms with Gasteiger partial charge in [0.1, 0.15) is 12.4 Å². The topological polar surface area (TPSA) is 24.5 Å². The first kappa shape index (κ1) is 14.4. The van der Waals surface area contributed by atoms with E-state index in [1.807, 2.05) is 37.4 Å². The highest BCUT2D eigenvalue weighted by atomic mass is 16.5. The second kappa shape index (κ2) is 7.56. The highest BCUT2D eigenvalue weighted by Gasteiger charge is 2.00. The van der Waals surface area contributed by atoms with Crippen LogP contribution in [0.25, 0.3) is 0 Å². The predicted molar refractivity (Wildman–Crippen MR) is 84.4 cm³/mol. The van der Waals surface area contributed by atoms with Gasteiger partial charge in [0.15, 0.2) is 0 Å². The van der Waals surface area contributed by atoms with Crippen LogP contribution >= 0.6 is 0 Å². The van der Waals surface area contributed by atoms with Crippen molar-refractivity contribution in [3.8, 4) is 5.75 Å². The summed E-state index contributed by atoms with van der Waals surface area (Å²) in [7, 11) is 4.03. The Bertz CT molecular complexity index is 496. The van der Waals surface area contributed by atoms with Crippen molar-refractivity contribution in [3.05, 3.63) is 60.2 Å². The molecule has 0 spiro atoms. The fraction of sp³-hybridized carbons (Fsp3) is 0.294. The monoisotopic (exact) mass is 270 g/mol. The number of rotatable bonds is 7. The lowest BCUT2D eigenvalue weighted by Crippen LogP contribution is -2.23. The molecular formula is C17H22N2O. The van der Waals surface area contributed by atoms with Gasteiger partial charge in [0.2, 0.25) is 0 Å². The Morgan fingerprint density at radius 3 is 2.35 bits per heavy atom. The third-order valence-electron chi connectivity index (χ3n) is 3.20. The van der Waals surface area contributed by atoms with Crippen molar-refractivity contribution < 1.29 is 4.74 Å². The highest BCUT2D eigenvalue weighted by molar-refractivity contribution is 5.44. The van der Waals surface area contributed by atoms with Crippen LogP contribution < -0.4 is 15.0 Å². The fourth-order valence-electron chi connectivity index (χ4n) is 2.02. The van der Waals surface area contributed by atoms with E-state index >= 15 is 0 Å². The van der Waals surface area contributed by atoms with Crippen molar-refractivity contribution in [3.63, 3.8) is 0 Å². The molecule has 0 saturated heterocycles. The van der Waals surface area contributed by atoms with Crippen LogP contribution in [0.4, 0.5) is 5.69 Å². The van der Waals surface area contributed by atoms with Crippen LogP contribution in [0, 0.1) is 0 Å². The summed E-state index contributed by atoms with van der Waals surface area (Å²) in [4.78, 5) is 2.19. The summed E-state index contributed by atoms with van der Waals surface area (Å²) in [5, 5.41) is 3.13. The van der Waals surface area contributed by atoms with E-state index in [-0.39, 0.29) is 0 Å². The zero-order chi connectivity index (χ0) is 14.2. The van der Waals surface area contributed by atoms with Crippen molar-refractivity contribution in [2.24, 2.45) is 0 Å². The number of nitrogens with one attached hydrogen (secondary N) is 1. The average Bonchev–Trinajstić information content (AvgIpc) is 2.50. The molecule has 3 nitrogen and oxygen atoms in total. The Morgan fingerprint density at radius 2 is 1.70 bits per heavy atom. The lowest BCUT2D eigenvalue weighted by Gasteiger charge is -2.19. The lowest BCUT2D eigenvalue weighted by atomic mass is 10.2. The molecule has 0 amide bonds. The average molecular weight is 270 g/mol. The summed E-state index contributed by atoms with van der Waals surface area (Å²) in [6.07, 6.45) is 0. The molecule has 106 valence electrons. The van der Waals surface area contributed by atoms with Crippen LogP contribution in [0.2, 0.25) is 0 Å². The maximum Gasteiger partial charge on any atom is 0.119 e. The van der Waals surface area contributed by atoms with Crippen molar-refractivity contribution in [1.29, 1.82) is 0 Å². The third-order valence-corrected chi connectivity index (χ3v) is 3.20. The molecule has 0 atom stereocenters. The second-order valence-corrected chi connectivity index (χ2v) is 4.78. The van der Waals surface area contributed by atoms with Crippen molar-refractivity contribution in [2.75, 3.05) is 32.1 Å². The molecule has 0 saturated carbocycles. The summed E-state index contributed by atoms with van der Waals surface area (Å²) < 4.78 is 5.77. The van der Waals surface area contributed by atoms with Gasteiger partial charge in [-0.3, -0.25) is 0 Å². The standard InChI is InChI=1S/C17H22N2O/c1-18-14-15-8-10-17(11-9-15)20-13-12-19(2)16-6-4-3-5-7-16/h3-11,18H,12-14H2,1-2H3. The second-order valence-electron chi connectivity index (χ2n) is 4.78. The molecule has 20 heavy (non-hydrogen) atoms. The Morgan fingerprint density at radius 1 is 1.00 bits per heavy atom. The Hall–Kier alpha value is -2.00. The minimum absolute atomic E-state index is 0.677. The molecule has 0 fully saturated rings. The van der Waals surface area contributed by atoms with E-state index in [2.05, 4.69) is 41.5 Å². The Balaban J connectivity index is 1.78. The molecule has 0 unspecified atom stereocenters. The van der Waals surface area contributed by atoms with Crippen LogP contribution in [0.1, 0.15) is 5.56 Å². The van der Waals surface area contributed by atoms with Gasteiger partial charge in [0.25, 0.3) is 0 Å². The van der Waals surface area contributed by atoms with Crippen LogP contribution in [-0.4, -0.2) is 27.2 Å². The minimum atomic E-state index is 0.677. The zero-order valence-electron chi connectivity index (χ0n) is 12.2. The molecular weight excluding hydrogens is 248 g/mol. The van der Waals surface area contributed by atoms with E-state index in [0.29, 0.717) is 6.61 Å². The molecule has 0 aromatic heterocycles. The van der Waals surface area contributed by atoms with Gasteiger partial charge in [-0.05, 0) is 36.9 Å². The number of nitrogens with zero attached hydrogens (tertiary/aromatic N) is 1. The summed E-state index contributed by atoms with van der Waals surface area (Å²) >= 11 is 0. The van der Waals surface area contributed by atoms with E-state index < -0.39 is 0 Å². The van der Waals surface area contributed by atoms with Crippen LogP contribution in [0.3, 0.4) is 0 Å². The van der Waals surface area contributed by atoms with Gasteiger partial charge in [-0.1, -0.05) is 30.3 Å². The summed E-state index contributed by atoms with van der Waals surface area (Å²) in [6.45, 7) is 2.43. The van der Waals surface area contributed by atoms with Gasteiger partial charge >= 0.3 is 0 Å². The number of hydrogen-bond acceptors (Lipinski definition) is 3. The number of hydrogen-bond donors (Lipinski definition) is 1. The SMILES string of the molecule is CNCc1ccc(OCCN(C)c2ccccc2)cc1. The molecule has 2 aromatic carbocycles. The lowest BCUT2D eigenvalue weighted by molar-refractivity contribution is 0.326. The van der Waals surface area contributed by atoms with E-state index in [9.17, 15) is 0 Å². The molecule has 0 radical (unpaired) electrons.